The average Bonchev–Trinajstić information content (AvgIpc) is 2.82. The van der Waals surface area contributed by atoms with E-state index >= 15 is 0 Å². The quantitative estimate of drug-likeness (QED) is 0.658. The minimum Gasteiger partial charge on any atom is -0.381 e. The van der Waals surface area contributed by atoms with Gasteiger partial charge in [0.05, 0.1) is 17.2 Å². The molecule has 0 spiro atoms. The molecule has 3 aromatic rings. The first-order valence-electron chi connectivity index (χ1n) is 5.33. The van der Waals surface area contributed by atoms with Crippen molar-refractivity contribution in [2.75, 3.05) is 0 Å². The second-order valence-corrected chi connectivity index (χ2v) is 3.84. The summed E-state index contributed by atoms with van der Waals surface area (Å²) >= 11 is 0. The number of imidazole rings is 1. The van der Waals surface area contributed by atoms with Gasteiger partial charge in [-0.1, -0.05) is 24.3 Å². The van der Waals surface area contributed by atoms with Gasteiger partial charge < -0.3 is 10.1 Å². The molecule has 0 aliphatic heterocycles. The number of hydrogen-bond donors (Lipinski definition) is 2. The number of nitrogens with one attached hydrogen (secondary N) is 1. The Labute approximate surface area is 97.6 Å². The molecule has 4 nitrogen and oxygen atoms in total. The van der Waals surface area contributed by atoms with E-state index in [0.29, 0.717) is 5.82 Å². The van der Waals surface area contributed by atoms with Gasteiger partial charge in [-0.15, -0.1) is 6.58 Å². The number of benzene rings is 1. The molecule has 0 saturated heterocycles. The van der Waals surface area contributed by atoms with E-state index in [0.717, 1.165) is 21.9 Å². The molecule has 1 aromatic carbocycles. The van der Waals surface area contributed by atoms with Crippen LogP contribution in [0.2, 0.25) is 0 Å². The number of nitrogens with zero attached hydrogens (tertiary/aromatic N) is 2. The summed E-state index contributed by atoms with van der Waals surface area (Å²) < 4.78 is 0. The smallest absolute Gasteiger partial charge is 0.140 e. The standard InChI is InChI=1S/C13H11N3O/c1-2-11(17)13-15-10-7-14-9-6-4-3-5-8(9)12(10)16-13/h2-7,11,17H,1H2,(H,15,16). The van der Waals surface area contributed by atoms with E-state index in [1.165, 1.54) is 6.08 Å². The van der Waals surface area contributed by atoms with Crippen molar-refractivity contribution in [2.45, 2.75) is 6.10 Å². The molecule has 1 atom stereocenters. The van der Waals surface area contributed by atoms with E-state index in [2.05, 4.69) is 21.5 Å². The zero-order chi connectivity index (χ0) is 11.8. The number of aromatic amines is 1. The lowest BCUT2D eigenvalue weighted by Crippen LogP contribution is -1.94. The lowest BCUT2D eigenvalue weighted by molar-refractivity contribution is 0.220. The Bertz CT molecular complexity index is 702. The fraction of sp³-hybridized carbons (Fsp3) is 0.0769. The summed E-state index contributed by atoms with van der Waals surface area (Å²) in [5.74, 6) is 0.494. The van der Waals surface area contributed by atoms with Crippen molar-refractivity contribution >= 4 is 21.9 Å². The lowest BCUT2D eigenvalue weighted by Gasteiger charge is -1.98. The van der Waals surface area contributed by atoms with E-state index < -0.39 is 6.10 Å². The molecular formula is C13H11N3O. The molecule has 0 radical (unpaired) electrons. The number of fused-ring (bicyclic) bond motifs is 3. The normalized spacial score (nSPS) is 13.0. The number of rotatable bonds is 2. The Balaban J connectivity index is 2.35. The molecule has 0 amide bonds. The van der Waals surface area contributed by atoms with Crippen molar-refractivity contribution in [3.05, 3.63) is 48.9 Å². The largest absolute Gasteiger partial charge is 0.381 e. The Morgan fingerprint density at radius 3 is 2.94 bits per heavy atom. The van der Waals surface area contributed by atoms with Crippen LogP contribution in [-0.4, -0.2) is 20.1 Å². The molecule has 2 heterocycles. The van der Waals surface area contributed by atoms with Gasteiger partial charge in [0.1, 0.15) is 17.4 Å². The third-order valence-corrected chi connectivity index (χ3v) is 2.75. The molecule has 0 fully saturated rings. The van der Waals surface area contributed by atoms with Gasteiger partial charge >= 0.3 is 0 Å². The first kappa shape index (κ1) is 9.99. The van der Waals surface area contributed by atoms with Crippen molar-refractivity contribution in [1.82, 2.24) is 15.0 Å². The van der Waals surface area contributed by atoms with Crippen LogP contribution in [0.25, 0.3) is 21.9 Å². The third kappa shape index (κ3) is 1.50. The van der Waals surface area contributed by atoms with Gasteiger partial charge in [-0.05, 0) is 6.07 Å². The molecule has 4 heteroatoms. The minimum absolute atomic E-state index is 0.494. The number of para-hydroxylation sites is 1. The van der Waals surface area contributed by atoms with Gasteiger partial charge in [0.25, 0.3) is 0 Å². The molecular weight excluding hydrogens is 214 g/mol. The summed E-state index contributed by atoms with van der Waals surface area (Å²) in [5.41, 5.74) is 2.55. The van der Waals surface area contributed by atoms with Crippen molar-refractivity contribution in [3.8, 4) is 0 Å². The van der Waals surface area contributed by atoms with Crippen molar-refractivity contribution in [2.24, 2.45) is 0 Å². The van der Waals surface area contributed by atoms with Gasteiger partial charge in [-0.2, -0.15) is 0 Å². The maximum atomic E-state index is 9.67. The average molecular weight is 225 g/mol. The molecule has 1 unspecified atom stereocenters. The number of aromatic nitrogens is 3. The van der Waals surface area contributed by atoms with Crippen LogP contribution in [0.1, 0.15) is 11.9 Å². The molecule has 2 N–H and O–H groups in total. The maximum absolute atomic E-state index is 9.67. The lowest BCUT2D eigenvalue weighted by atomic mass is 10.2. The number of H-pyrrole nitrogens is 1. The first-order valence-corrected chi connectivity index (χ1v) is 5.33. The van der Waals surface area contributed by atoms with Gasteiger partial charge in [0, 0.05) is 5.39 Å². The summed E-state index contributed by atoms with van der Waals surface area (Å²) in [4.78, 5) is 11.7. The van der Waals surface area contributed by atoms with E-state index in [1.54, 1.807) is 6.20 Å². The summed E-state index contributed by atoms with van der Waals surface area (Å²) in [6, 6.07) is 7.82. The van der Waals surface area contributed by atoms with Crippen LogP contribution in [0.5, 0.6) is 0 Å². The molecule has 2 aromatic heterocycles. The van der Waals surface area contributed by atoms with Gasteiger partial charge in [0.2, 0.25) is 0 Å². The van der Waals surface area contributed by atoms with Crippen LogP contribution in [0.15, 0.2) is 43.1 Å². The SMILES string of the molecule is C=CC(O)c1nc2cnc3ccccc3c2[nH]1. The minimum atomic E-state index is -0.777. The highest BCUT2D eigenvalue weighted by atomic mass is 16.3. The third-order valence-electron chi connectivity index (χ3n) is 2.75. The molecule has 0 aliphatic rings. The summed E-state index contributed by atoms with van der Waals surface area (Å²) in [6.45, 7) is 3.54. The topological polar surface area (TPSA) is 61.8 Å². The highest BCUT2D eigenvalue weighted by molar-refractivity contribution is 6.01. The van der Waals surface area contributed by atoms with Gasteiger partial charge in [-0.25, -0.2) is 4.98 Å². The van der Waals surface area contributed by atoms with Crippen LogP contribution in [0, 0.1) is 0 Å². The number of hydrogen-bond acceptors (Lipinski definition) is 3. The molecule has 0 aliphatic carbocycles. The predicted octanol–water partition coefficient (Wildman–Crippen LogP) is 2.33. The molecule has 17 heavy (non-hydrogen) atoms. The van der Waals surface area contributed by atoms with Crippen molar-refractivity contribution in [3.63, 3.8) is 0 Å². The highest BCUT2D eigenvalue weighted by Gasteiger charge is 2.11. The Kier molecular flexibility index (Phi) is 2.16. The fourth-order valence-corrected chi connectivity index (χ4v) is 1.88. The van der Waals surface area contributed by atoms with Crippen LogP contribution >= 0.6 is 0 Å². The van der Waals surface area contributed by atoms with Gasteiger partial charge in [-0.3, -0.25) is 4.98 Å². The second-order valence-electron chi connectivity index (χ2n) is 3.84. The summed E-state index contributed by atoms with van der Waals surface area (Å²) in [6.07, 6.45) is 2.36. The van der Waals surface area contributed by atoms with Crippen molar-refractivity contribution < 1.29 is 5.11 Å². The predicted molar refractivity (Wildman–Crippen MR) is 66.6 cm³/mol. The maximum Gasteiger partial charge on any atom is 0.140 e. The fourth-order valence-electron chi connectivity index (χ4n) is 1.88. The number of pyridine rings is 1. The Morgan fingerprint density at radius 1 is 1.29 bits per heavy atom. The van der Waals surface area contributed by atoms with E-state index in [4.69, 9.17) is 0 Å². The van der Waals surface area contributed by atoms with E-state index in [9.17, 15) is 5.11 Å². The molecule has 0 bridgehead atoms. The summed E-state index contributed by atoms with van der Waals surface area (Å²) in [5, 5.41) is 10.7. The monoisotopic (exact) mass is 225 g/mol. The Hall–Kier alpha value is -2.20. The van der Waals surface area contributed by atoms with E-state index in [1.807, 2.05) is 24.3 Å². The zero-order valence-electron chi connectivity index (χ0n) is 9.09. The highest BCUT2D eigenvalue weighted by Crippen LogP contribution is 2.23. The van der Waals surface area contributed by atoms with Crippen LogP contribution in [0.4, 0.5) is 0 Å². The van der Waals surface area contributed by atoms with E-state index in [-0.39, 0.29) is 0 Å². The first-order chi connectivity index (χ1) is 8.29. The van der Waals surface area contributed by atoms with Crippen LogP contribution in [-0.2, 0) is 0 Å². The van der Waals surface area contributed by atoms with Crippen LogP contribution in [0.3, 0.4) is 0 Å². The Morgan fingerprint density at radius 2 is 2.12 bits per heavy atom. The number of aliphatic hydroxyl groups excluding tert-OH is 1. The zero-order valence-corrected chi connectivity index (χ0v) is 9.09. The number of aliphatic hydroxyl groups is 1. The summed E-state index contributed by atoms with van der Waals surface area (Å²) in [7, 11) is 0. The molecule has 0 saturated carbocycles. The van der Waals surface area contributed by atoms with Crippen LogP contribution < -0.4 is 0 Å². The molecule has 84 valence electrons. The van der Waals surface area contributed by atoms with Gasteiger partial charge in [0.15, 0.2) is 0 Å². The molecule has 3 rings (SSSR count). The van der Waals surface area contributed by atoms with Crippen molar-refractivity contribution in [1.29, 1.82) is 0 Å². The second kappa shape index (κ2) is 3.68.